The lowest BCUT2D eigenvalue weighted by Gasteiger charge is -1.95. The first kappa shape index (κ1) is 21.5. The molecule has 0 nitrogen and oxygen atoms in total. The Labute approximate surface area is 138 Å². The zero-order valence-corrected chi connectivity index (χ0v) is 16.4. The van der Waals surface area contributed by atoms with Crippen molar-refractivity contribution in [3.63, 3.8) is 0 Å². The van der Waals surface area contributed by atoms with Crippen molar-refractivity contribution in [1.29, 1.82) is 0 Å². The van der Waals surface area contributed by atoms with Crippen molar-refractivity contribution >= 4 is 38.5 Å². The maximum Gasteiger partial charge on any atom is 0.00313 e. The van der Waals surface area contributed by atoms with Crippen LogP contribution in [0, 0.1) is 0 Å². The smallest absolute Gasteiger partial charge is 0.00313 e. The molecule has 0 N–H and O–H groups in total. The minimum absolute atomic E-state index is 1.18. The quantitative estimate of drug-likeness (QED) is 0.170. The molecule has 2 heteroatoms. The molecule has 0 heterocycles. The van der Waals surface area contributed by atoms with E-state index in [0.29, 0.717) is 0 Å². The molecule has 0 rings (SSSR count). The molecule has 0 spiro atoms. The lowest BCUT2D eigenvalue weighted by Crippen LogP contribution is -1.78. The van der Waals surface area contributed by atoms with Crippen molar-refractivity contribution in [3.05, 3.63) is 0 Å². The number of hydrogen-bond acceptors (Lipinski definition) is 0. The van der Waals surface area contributed by atoms with E-state index in [1.54, 1.807) is 0 Å². The van der Waals surface area contributed by atoms with Gasteiger partial charge in [-0.3, -0.25) is 0 Å². The van der Waals surface area contributed by atoms with Crippen LogP contribution in [0.25, 0.3) is 0 Å². The highest BCUT2D eigenvalue weighted by Crippen LogP contribution is 2.06. The Balaban J connectivity index is 0. The minimum Gasteiger partial charge on any atom is -0.0928 e. The summed E-state index contributed by atoms with van der Waals surface area (Å²) >= 11 is 5.87. The maximum atomic E-state index is 3.42. The van der Waals surface area contributed by atoms with E-state index in [-0.39, 0.29) is 0 Å². The summed E-state index contributed by atoms with van der Waals surface area (Å²) in [6.07, 6.45) is 17.0. The van der Waals surface area contributed by atoms with Gasteiger partial charge in [-0.05, 0) is 17.3 Å². The Bertz CT molecular complexity index is 91.7. The van der Waals surface area contributed by atoms with Crippen molar-refractivity contribution < 1.29 is 0 Å². The highest BCUT2D eigenvalue weighted by atomic mass is 127. The monoisotopic (exact) mass is 432 g/mol. The number of halogens is 2. The van der Waals surface area contributed by atoms with E-state index in [1.165, 1.54) is 86.8 Å². The van der Waals surface area contributed by atoms with Gasteiger partial charge in [-0.2, -0.15) is 0 Å². The SMILES string of the molecule is CCCCCCCCBr.CCCCCCCCI. The van der Waals surface area contributed by atoms with Crippen LogP contribution in [0.5, 0.6) is 0 Å². The molecule has 0 aliphatic heterocycles. The van der Waals surface area contributed by atoms with Gasteiger partial charge in [0.1, 0.15) is 0 Å². The zero-order valence-electron chi connectivity index (χ0n) is 12.7. The molecule has 0 atom stereocenters. The van der Waals surface area contributed by atoms with E-state index >= 15 is 0 Å². The van der Waals surface area contributed by atoms with E-state index in [4.69, 9.17) is 0 Å². The van der Waals surface area contributed by atoms with Crippen LogP contribution < -0.4 is 0 Å². The van der Waals surface area contributed by atoms with Gasteiger partial charge in [-0.15, -0.1) is 0 Å². The molecular formula is C16H34BrI. The second-order valence-corrected chi connectivity index (χ2v) is 6.79. The van der Waals surface area contributed by atoms with E-state index in [0.717, 1.165) is 0 Å². The average Bonchev–Trinajstić information content (AvgIpc) is 2.39. The summed E-state index contributed by atoms with van der Waals surface area (Å²) in [6.45, 7) is 4.52. The van der Waals surface area contributed by atoms with E-state index in [1.807, 2.05) is 0 Å². The number of alkyl halides is 2. The second kappa shape index (κ2) is 23.3. The van der Waals surface area contributed by atoms with Crippen molar-refractivity contribution in [3.8, 4) is 0 Å². The third-order valence-electron chi connectivity index (χ3n) is 2.97. The largest absolute Gasteiger partial charge is 0.0928 e. The van der Waals surface area contributed by atoms with Crippen LogP contribution in [-0.4, -0.2) is 9.76 Å². The molecule has 112 valence electrons. The van der Waals surface area contributed by atoms with Gasteiger partial charge >= 0.3 is 0 Å². The summed E-state index contributed by atoms with van der Waals surface area (Å²) in [7, 11) is 0. The first-order valence-corrected chi connectivity index (χ1v) is 10.6. The van der Waals surface area contributed by atoms with Gasteiger partial charge in [-0.25, -0.2) is 0 Å². The molecule has 0 bridgehead atoms. The summed E-state index contributed by atoms with van der Waals surface area (Å²) in [6, 6.07) is 0. The molecule has 0 unspecified atom stereocenters. The molecule has 0 aromatic carbocycles. The molecule has 0 radical (unpaired) electrons. The van der Waals surface area contributed by atoms with Gasteiger partial charge in [0.25, 0.3) is 0 Å². The van der Waals surface area contributed by atoms with Crippen LogP contribution in [0.4, 0.5) is 0 Å². The highest BCUT2D eigenvalue weighted by Gasteiger charge is 1.87. The van der Waals surface area contributed by atoms with Crippen LogP contribution >= 0.6 is 38.5 Å². The Hall–Kier alpha value is 1.21. The predicted molar refractivity (Wildman–Crippen MR) is 99.4 cm³/mol. The van der Waals surface area contributed by atoms with Crippen molar-refractivity contribution in [1.82, 2.24) is 0 Å². The van der Waals surface area contributed by atoms with Crippen LogP contribution in [0.1, 0.15) is 90.9 Å². The predicted octanol–water partition coefficient (Wildman–Crippen LogP) is 7.52. The van der Waals surface area contributed by atoms with Crippen LogP contribution in [0.15, 0.2) is 0 Å². The standard InChI is InChI=1S/C8H17Br.C8H17I/c2*1-2-3-4-5-6-7-8-9/h2*2-8H2,1H3. The number of rotatable bonds is 12. The van der Waals surface area contributed by atoms with Gasteiger partial charge in [-0.1, -0.05) is 117 Å². The Kier molecular flexibility index (Phi) is 27.9. The molecule has 0 aliphatic carbocycles. The molecule has 0 fully saturated rings. The molecule has 0 aromatic rings. The normalized spacial score (nSPS) is 10.0. The Morgan fingerprint density at radius 2 is 1.00 bits per heavy atom. The van der Waals surface area contributed by atoms with Crippen molar-refractivity contribution in [2.75, 3.05) is 9.76 Å². The third-order valence-corrected chi connectivity index (χ3v) is 4.30. The van der Waals surface area contributed by atoms with Gasteiger partial charge in [0.15, 0.2) is 0 Å². The number of unbranched alkanes of at least 4 members (excludes halogenated alkanes) is 10. The number of hydrogen-bond donors (Lipinski definition) is 0. The summed E-state index contributed by atoms with van der Waals surface area (Å²) in [4.78, 5) is 0. The van der Waals surface area contributed by atoms with E-state index < -0.39 is 0 Å². The topological polar surface area (TPSA) is 0 Å². The fourth-order valence-electron chi connectivity index (χ4n) is 1.75. The summed E-state index contributed by atoms with van der Waals surface area (Å²) in [5, 5.41) is 1.18. The Morgan fingerprint density at radius 1 is 0.611 bits per heavy atom. The molecular weight excluding hydrogens is 399 g/mol. The first-order valence-electron chi connectivity index (χ1n) is 7.95. The molecule has 0 aliphatic rings. The first-order chi connectivity index (χ1) is 8.83. The van der Waals surface area contributed by atoms with Crippen molar-refractivity contribution in [2.45, 2.75) is 90.9 Å². The molecule has 18 heavy (non-hydrogen) atoms. The minimum atomic E-state index is 1.18. The van der Waals surface area contributed by atoms with E-state index in [2.05, 4.69) is 52.4 Å². The van der Waals surface area contributed by atoms with Gasteiger partial charge in [0.2, 0.25) is 0 Å². The van der Waals surface area contributed by atoms with Crippen molar-refractivity contribution in [2.24, 2.45) is 0 Å². The molecule has 0 aromatic heterocycles. The van der Waals surface area contributed by atoms with Crippen LogP contribution in [0.3, 0.4) is 0 Å². The van der Waals surface area contributed by atoms with Crippen LogP contribution in [-0.2, 0) is 0 Å². The molecule has 0 saturated heterocycles. The van der Waals surface area contributed by atoms with Gasteiger partial charge < -0.3 is 0 Å². The summed E-state index contributed by atoms with van der Waals surface area (Å²) in [5.74, 6) is 0. The maximum absolute atomic E-state index is 3.42. The second-order valence-electron chi connectivity index (χ2n) is 4.91. The third kappa shape index (κ3) is 25.9. The van der Waals surface area contributed by atoms with E-state index in [9.17, 15) is 0 Å². The lowest BCUT2D eigenvalue weighted by molar-refractivity contribution is 0.628. The lowest BCUT2D eigenvalue weighted by atomic mass is 10.1. The zero-order chi connectivity index (χ0) is 13.9. The summed E-state index contributed by atoms with van der Waals surface area (Å²) < 4.78 is 1.34. The fraction of sp³-hybridized carbons (Fsp3) is 1.00. The van der Waals surface area contributed by atoms with Crippen LogP contribution in [0.2, 0.25) is 0 Å². The fourth-order valence-corrected chi connectivity index (χ4v) is 2.69. The highest BCUT2D eigenvalue weighted by molar-refractivity contribution is 14.1. The average molecular weight is 433 g/mol. The molecule has 0 amide bonds. The molecule has 0 saturated carbocycles. The Morgan fingerprint density at radius 3 is 1.39 bits per heavy atom. The van der Waals surface area contributed by atoms with Gasteiger partial charge in [0, 0.05) is 5.33 Å². The van der Waals surface area contributed by atoms with Gasteiger partial charge in [0.05, 0.1) is 0 Å². The summed E-state index contributed by atoms with van der Waals surface area (Å²) in [5.41, 5.74) is 0.